The fourth-order valence-corrected chi connectivity index (χ4v) is 4.71. The highest BCUT2D eigenvalue weighted by atomic mass is 19.4. The lowest BCUT2D eigenvalue weighted by molar-refractivity contribution is -0.143. The standard InChI is InChI=1S/C25H24F3N3O6/c1-37-18-7-5-15(6-8-18)14-30-19-11-12-29(20(32)9-10-21(33)34)22(19)23(35)31(24(30)36)17-4-2-3-16(13-17)25(26,27)28/h2-8,13,19,22H,9-12,14H2,1H3,(H,33,34). The number of fused-ring (bicyclic) bond motifs is 1. The summed E-state index contributed by atoms with van der Waals surface area (Å²) >= 11 is 0. The van der Waals surface area contributed by atoms with Crippen molar-refractivity contribution in [1.29, 1.82) is 0 Å². The van der Waals surface area contributed by atoms with Gasteiger partial charge in [-0.2, -0.15) is 13.2 Å². The zero-order valence-electron chi connectivity index (χ0n) is 19.8. The van der Waals surface area contributed by atoms with Crippen LogP contribution in [0.15, 0.2) is 48.5 Å². The molecular formula is C25H24F3N3O6. The number of hydrogen-bond donors (Lipinski definition) is 1. The third kappa shape index (κ3) is 5.23. The number of benzene rings is 2. The van der Waals surface area contributed by atoms with Gasteiger partial charge in [0.15, 0.2) is 0 Å². The lowest BCUT2D eigenvalue weighted by Gasteiger charge is -2.43. The quantitative estimate of drug-likeness (QED) is 0.600. The van der Waals surface area contributed by atoms with E-state index in [0.717, 1.165) is 12.1 Å². The SMILES string of the molecule is COc1ccc(CN2C(=O)N(c3cccc(C(F)(F)F)c3)C(=O)C3C2CCN3C(=O)CCC(=O)O)cc1. The zero-order chi connectivity index (χ0) is 26.9. The fourth-order valence-electron chi connectivity index (χ4n) is 4.71. The number of nitrogens with zero attached hydrogens (tertiary/aromatic N) is 3. The normalized spacial score (nSPS) is 19.7. The molecule has 0 spiro atoms. The number of rotatable bonds is 7. The summed E-state index contributed by atoms with van der Waals surface area (Å²) in [5, 5.41) is 8.95. The van der Waals surface area contributed by atoms with E-state index in [1.54, 1.807) is 24.3 Å². The molecule has 0 radical (unpaired) electrons. The first-order valence-corrected chi connectivity index (χ1v) is 11.5. The Kier molecular flexibility index (Phi) is 7.10. The van der Waals surface area contributed by atoms with Crippen molar-refractivity contribution < 1.29 is 42.2 Å². The second-order valence-corrected chi connectivity index (χ2v) is 8.76. The summed E-state index contributed by atoms with van der Waals surface area (Å²) in [6, 6.07) is 8.00. The van der Waals surface area contributed by atoms with Crippen molar-refractivity contribution in [1.82, 2.24) is 9.80 Å². The molecule has 4 rings (SSSR count). The molecule has 1 N–H and O–H groups in total. The van der Waals surface area contributed by atoms with Crippen molar-refractivity contribution in [2.24, 2.45) is 0 Å². The minimum Gasteiger partial charge on any atom is -0.497 e. The average Bonchev–Trinajstić information content (AvgIpc) is 3.31. The van der Waals surface area contributed by atoms with Gasteiger partial charge in [-0.15, -0.1) is 0 Å². The molecule has 2 unspecified atom stereocenters. The highest BCUT2D eigenvalue weighted by Crippen LogP contribution is 2.37. The van der Waals surface area contributed by atoms with E-state index in [2.05, 4.69) is 0 Å². The second-order valence-electron chi connectivity index (χ2n) is 8.76. The Bertz CT molecular complexity index is 1220. The van der Waals surface area contributed by atoms with Crippen LogP contribution < -0.4 is 9.64 Å². The highest BCUT2D eigenvalue weighted by molar-refractivity contribution is 6.19. The van der Waals surface area contributed by atoms with Gasteiger partial charge in [0.2, 0.25) is 5.91 Å². The van der Waals surface area contributed by atoms with Gasteiger partial charge in [0.05, 0.1) is 30.8 Å². The molecule has 12 heteroatoms. The first kappa shape index (κ1) is 26.0. The molecule has 37 heavy (non-hydrogen) atoms. The molecule has 0 bridgehead atoms. The lowest BCUT2D eigenvalue weighted by Crippen LogP contribution is -2.66. The van der Waals surface area contributed by atoms with Gasteiger partial charge in [0.1, 0.15) is 11.8 Å². The van der Waals surface area contributed by atoms with Gasteiger partial charge in [0.25, 0.3) is 5.91 Å². The number of carbonyl (C=O) groups is 4. The largest absolute Gasteiger partial charge is 0.497 e. The number of carboxylic acids is 1. The second kappa shape index (κ2) is 10.1. The van der Waals surface area contributed by atoms with E-state index < -0.39 is 54.1 Å². The molecule has 0 saturated carbocycles. The molecular weight excluding hydrogens is 495 g/mol. The Morgan fingerprint density at radius 3 is 2.41 bits per heavy atom. The molecule has 2 aliphatic heterocycles. The number of alkyl halides is 3. The fraction of sp³-hybridized carbons (Fsp3) is 0.360. The van der Waals surface area contributed by atoms with Crippen LogP contribution in [-0.2, 0) is 27.1 Å². The summed E-state index contributed by atoms with van der Waals surface area (Å²) in [4.78, 5) is 54.2. The van der Waals surface area contributed by atoms with E-state index in [1.165, 1.54) is 23.0 Å². The van der Waals surface area contributed by atoms with Crippen LogP contribution >= 0.6 is 0 Å². The van der Waals surface area contributed by atoms with Gasteiger partial charge in [-0.3, -0.25) is 14.4 Å². The smallest absolute Gasteiger partial charge is 0.416 e. The number of anilines is 1. The van der Waals surface area contributed by atoms with Crippen molar-refractivity contribution in [3.05, 3.63) is 59.7 Å². The van der Waals surface area contributed by atoms with E-state index >= 15 is 0 Å². The van der Waals surface area contributed by atoms with Crippen molar-refractivity contribution >= 4 is 29.5 Å². The Morgan fingerprint density at radius 1 is 1.08 bits per heavy atom. The number of imide groups is 1. The molecule has 0 aliphatic carbocycles. The molecule has 2 saturated heterocycles. The predicted octanol–water partition coefficient (Wildman–Crippen LogP) is 3.52. The van der Waals surface area contributed by atoms with Gasteiger partial charge < -0.3 is 19.6 Å². The summed E-state index contributed by atoms with van der Waals surface area (Å²) in [5.74, 6) is -2.00. The number of ether oxygens (including phenoxy) is 1. The molecule has 2 fully saturated rings. The maximum Gasteiger partial charge on any atom is 0.416 e. The van der Waals surface area contributed by atoms with Crippen LogP contribution in [0.5, 0.6) is 5.75 Å². The Morgan fingerprint density at radius 2 is 1.78 bits per heavy atom. The van der Waals surface area contributed by atoms with Crippen LogP contribution in [-0.4, -0.2) is 64.5 Å². The number of likely N-dealkylation sites (tertiary alicyclic amines) is 1. The number of amides is 4. The third-order valence-corrected chi connectivity index (χ3v) is 6.49. The van der Waals surface area contributed by atoms with Crippen LogP contribution in [0.1, 0.15) is 30.4 Å². The summed E-state index contributed by atoms with van der Waals surface area (Å²) in [6.45, 7) is 0.131. The summed E-state index contributed by atoms with van der Waals surface area (Å²) < 4.78 is 45.3. The van der Waals surface area contributed by atoms with Crippen LogP contribution in [0.25, 0.3) is 0 Å². The van der Waals surface area contributed by atoms with E-state index in [4.69, 9.17) is 9.84 Å². The highest BCUT2D eigenvalue weighted by Gasteiger charge is 2.53. The number of methoxy groups -OCH3 is 1. The molecule has 2 heterocycles. The molecule has 2 aromatic carbocycles. The number of urea groups is 1. The molecule has 2 atom stereocenters. The zero-order valence-corrected chi connectivity index (χ0v) is 19.8. The third-order valence-electron chi connectivity index (χ3n) is 6.49. The summed E-state index contributed by atoms with van der Waals surface area (Å²) in [7, 11) is 1.50. The monoisotopic (exact) mass is 519 g/mol. The van der Waals surface area contributed by atoms with E-state index in [0.29, 0.717) is 22.3 Å². The Labute approximate surface area is 210 Å². The molecule has 2 aliphatic rings. The minimum atomic E-state index is -4.70. The number of hydrogen-bond acceptors (Lipinski definition) is 5. The summed E-state index contributed by atoms with van der Waals surface area (Å²) in [5.41, 5.74) is -0.620. The average molecular weight is 519 g/mol. The number of carbonyl (C=O) groups excluding carboxylic acids is 3. The molecule has 2 aromatic rings. The van der Waals surface area contributed by atoms with Crippen LogP contribution in [0.3, 0.4) is 0 Å². The van der Waals surface area contributed by atoms with Crippen molar-refractivity contribution in [2.75, 3.05) is 18.6 Å². The van der Waals surface area contributed by atoms with Crippen LogP contribution in [0, 0.1) is 0 Å². The van der Waals surface area contributed by atoms with Gasteiger partial charge >= 0.3 is 18.2 Å². The molecule has 9 nitrogen and oxygen atoms in total. The molecule has 0 aromatic heterocycles. The van der Waals surface area contributed by atoms with Gasteiger partial charge in [-0.25, -0.2) is 9.69 Å². The van der Waals surface area contributed by atoms with Crippen molar-refractivity contribution in [3.8, 4) is 5.75 Å². The number of carboxylic acid groups (broad SMARTS) is 1. The maximum atomic E-state index is 13.6. The first-order valence-electron chi connectivity index (χ1n) is 11.5. The first-order chi connectivity index (χ1) is 17.5. The topological polar surface area (TPSA) is 107 Å². The van der Waals surface area contributed by atoms with Gasteiger partial charge in [0, 0.05) is 19.5 Å². The van der Waals surface area contributed by atoms with Crippen LogP contribution in [0.2, 0.25) is 0 Å². The van der Waals surface area contributed by atoms with Gasteiger partial charge in [-0.05, 0) is 42.3 Å². The minimum absolute atomic E-state index is 0.0316. The van der Waals surface area contributed by atoms with Crippen LogP contribution in [0.4, 0.5) is 23.7 Å². The summed E-state index contributed by atoms with van der Waals surface area (Å²) in [6.07, 6.45) is -5.22. The van der Waals surface area contributed by atoms with Gasteiger partial charge in [-0.1, -0.05) is 18.2 Å². The van der Waals surface area contributed by atoms with E-state index in [1.807, 2.05) is 0 Å². The number of halogens is 3. The molecule has 196 valence electrons. The Balaban J connectivity index is 1.72. The maximum absolute atomic E-state index is 13.6. The predicted molar refractivity (Wildman–Crippen MR) is 124 cm³/mol. The lowest BCUT2D eigenvalue weighted by atomic mass is 10.0. The molecule has 4 amide bonds. The number of aliphatic carboxylic acids is 1. The van der Waals surface area contributed by atoms with Crippen molar-refractivity contribution in [3.63, 3.8) is 0 Å². The Hall–Kier alpha value is -4.09. The van der Waals surface area contributed by atoms with Crippen molar-refractivity contribution in [2.45, 2.75) is 44.1 Å². The van der Waals surface area contributed by atoms with E-state index in [9.17, 15) is 32.3 Å². The van der Waals surface area contributed by atoms with E-state index in [-0.39, 0.29) is 31.6 Å².